The lowest BCUT2D eigenvalue weighted by Crippen LogP contribution is -2.39. The fraction of sp³-hybridized carbons (Fsp3) is 0.467. The molecule has 20 heavy (non-hydrogen) atoms. The Hall–Kier alpha value is -1.93. The van der Waals surface area contributed by atoms with Gasteiger partial charge in [0.1, 0.15) is 5.82 Å². The fourth-order valence-corrected chi connectivity index (χ4v) is 2.82. The zero-order valence-electron chi connectivity index (χ0n) is 11.3. The number of nitrogens with zero attached hydrogens (tertiary/aromatic N) is 2. The number of amides is 1. The molecule has 4 nitrogen and oxygen atoms in total. The summed E-state index contributed by atoms with van der Waals surface area (Å²) in [5, 5.41) is 8.87. The average molecular weight is 275 g/mol. The van der Waals surface area contributed by atoms with Crippen LogP contribution < -0.4 is 5.73 Å². The van der Waals surface area contributed by atoms with Crippen molar-refractivity contribution in [2.75, 3.05) is 6.54 Å². The van der Waals surface area contributed by atoms with Crippen LogP contribution in [0.4, 0.5) is 4.39 Å². The molecule has 2 N–H and O–H groups in total. The number of nitrogens with two attached hydrogens (primary N) is 1. The lowest BCUT2D eigenvalue weighted by atomic mass is 10.1. The molecule has 1 aliphatic rings. The maximum absolute atomic E-state index is 13.4. The first-order valence-corrected chi connectivity index (χ1v) is 6.80. The van der Waals surface area contributed by atoms with Gasteiger partial charge < -0.3 is 5.73 Å². The van der Waals surface area contributed by atoms with Gasteiger partial charge in [0.2, 0.25) is 5.91 Å². The van der Waals surface area contributed by atoms with E-state index >= 15 is 0 Å². The van der Waals surface area contributed by atoms with Crippen LogP contribution in [0.25, 0.3) is 0 Å². The highest BCUT2D eigenvalue weighted by molar-refractivity contribution is 5.76. The molecule has 0 atom stereocenters. The second-order valence-corrected chi connectivity index (χ2v) is 5.27. The lowest BCUT2D eigenvalue weighted by Gasteiger charge is -2.27. The summed E-state index contributed by atoms with van der Waals surface area (Å²) in [6, 6.07) is 6.53. The number of hydrogen-bond donors (Lipinski definition) is 1. The van der Waals surface area contributed by atoms with Gasteiger partial charge in [-0.05, 0) is 36.6 Å². The number of benzene rings is 1. The van der Waals surface area contributed by atoms with Gasteiger partial charge in [-0.3, -0.25) is 9.69 Å². The van der Waals surface area contributed by atoms with Gasteiger partial charge >= 0.3 is 0 Å². The zero-order valence-corrected chi connectivity index (χ0v) is 11.3. The smallest absolute Gasteiger partial charge is 0.231 e. The van der Waals surface area contributed by atoms with Crippen LogP contribution in [0.15, 0.2) is 18.2 Å². The van der Waals surface area contributed by atoms with E-state index in [-0.39, 0.29) is 12.5 Å². The molecule has 106 valence electrons. The van der Waals surface area contributed by atoms with E-state index in [1.165, 1.54) is 12.1 Å². The number of rotatable bonds is 5. The second-order valence-electron chi connectivity index (χ2n) is 5.27. The van der Waals surface area contributed by atoms with Crippen molar-refractivity contribution in [3.8, 4) is 6.07 Å². The Morgan fingerprint density at radius 3 is 2.70 bits per heavy atom. The Labute approximate surface area is 118 Å². The van der Waals surface area contributed by atoms with Crippen LogP contribution in [0.3, 0.4) is 0 Å². The van der Waals surface area contributed by atoms with Gasteiger partial charge in [-0.15, -0.1) is 0 Å². The van der Waals surface area contributed by atoms with E-state index in [4.69, 9.17) is 11.0 Å². The monoisotopic (exact) mass is 275 g/mol. The van der Waals surface area contributed by atoms with Crippen LogP contribution in [0.2, 0.25) is 0 Å². The predicted molar refractivity (Wildman–Crippen MR) is 73.0 cm³/mol. The Morgan fingerprint density at radius 1 is 1.40 bits per heavy atom. The third-order valence-electron chi connectivity index (χ3n) is 3.67. The lowest BCUT2D eigenvalue weighted by molar-refractivity contribution is -0.119. The van der Waals surface area contributed by atoms with E-state index in [0.29, 0.717) is 23.7 Å². The Balaban J connectivity index is 2.16. The predicted octanol–water partition coefficient (Wildman–Crippen LogP) is 1.93. The Bertz CT molecular complexity index is 532. The molecule has 1 saturated carbocycles. The van der Waals surface area contributed by atoms with E-state index in [2.05, 4.69) is 0 Å². The maximum atomic E-state index is 13.4. The van der Waals surface area contributed by atoms with Crippen LogP contribution in [-0.4, -0.2) is 23.4 Å². The number of hydrogen-bond acceptors (Lipinski definition) is 3. The van der Waals surface area contributed by atoms with E-state index in [0.717, 1.165) is 25.7 Å². The SMILES string of the molecule is N#Cc1cc(F)cc(CN(CC(N)=O)C2CCCC2)c1. The standard InChI is InChI=1S/C15H18FN3O/c16-13-6-11(8-17)5-12(7-13)9-19(10-15(18)20)14-3-1-2-4-14/h5-7,14H,1-4,9-10H2,(H2,18,20). The van der Waals surface area contributed by atoms with Crippen molar-refractivity contribution >= 4 is 5.91 Å². The normalized spacial score (nSPS) is 15.4. The molecule has 0 aromatic heterocycles. The van der Waals surface area contributed by atoms with Crippen LogP contribution >= 0.6 is 0 Å². The van der Waals surface area contributed by atoms with Gasteiger partial charge in [-0.2, -0.15) is 5.26 Å². The first-order valence-electron chi connectivity index (χ1n) is 6.80. The number of carbonyl (C=O) groups excluding carboxylic acids is 1. The summed E-state index contributed by atoms with van der Waals surface area (Å²) in [5.74, 6) is -0.807. The highest BCUT2D eigenvalue weighted by Gasteiger charge is 2.24. The minimum absolute atomic E-state index is 0.170. The minimum atomic E-state index is -0.426. The van der Waals surface area contributed by atoms with E-state index < -0.39 is 5.82 Å². The molecule has 0 bridgehead atoms. The third kappa shape index (κ3) is 3.78. The van der Waals surface area contributed by atoms with Crippen molar-refractivity contribution in [1.82, 2.24) is 4.90 Å². The molecule has 0 heterocycles. The molecule has 0 unspecified atom stereocenters. The van der Waals surface area contributed by atoms with Crippen LogP contribution in [0, 0.1) is 17.1 Å². The molecule has 1 amide bonds. The molecule has 0 radical (unpaired) electrons. The number of halogens is 1. The molecule has 1 aromatic rings. The molecule has 1 aromatic carbocycles. The fourth-order valence-electron chi connectivity index (χ4n) is 2.82. The summed E-state index contributed by atoms with van der Waals surface area (Å²) in [4.78, 5) is 13.2. The molecule has 0 aliphatic heterocycles. The molecule has 0 spiro atoms. The molecule has 1 fully saturated rings. The summed E-state index contributed by atoms with van der Waals surface area (Å²) >= 11 is 0. The topological polar surface area (TPSA) is 70.1 Å². The second kappa shape index (κ2) is 6.49. The third-order valence-corrected chi connectivity index (χ3v) is 3.67. The van der Waals surface area contributed by atoms with Crippen molar-refractivity contribution in [3.05, 3.63) is 35.1 Å². The van der Waals surface area contributed by atoms with Gasteiger partial charge in [-0.25, -0.2) is 4.39 Å². The van der Waals surface area contributed by atoms with Crippen LogP contribution in [0.1, 0.15) is 36.8 Å². The van der Waals surface area contributed by atoms with Crippen LogP contribution in [0.5, 0.6) is 0 Å². The zero-order chi connectivity index (χ0) is 14.5. The molecule has 1 aliphatic carbocycles. The minimum Gasteiger partial charge on any atom is -0.369 e. The molecular formula is C15H18FN3O. The highest BCUT2D eigenvalue weighted by Crippen LogP contribution is 2.25. The Morgan fingerprint density at radius 2 is 2.10 bits per heavy atom. The van der Waals surface area contributed by atoms with E-state index in [1.807, 2.05) is 11.0 Å². The van der Waals surface area contributed by atoms with Crippen LogP contribution in [-0.2, 0) is 11.3 Å². The highest BCUT2D eigenvalue weighted by atomic mass is 19.1. The van der Waals surface area contributed by atoms with Crippen molar-refractivity contribution < 1.29 is 9.18 Å². The first-order chi connectivity index (χ1) is 9.58. The summed E-state index contributed by atoms with van der Waals surface area (Å²) in [7, 11) is 0. The molecule has 0 saturated heterocycles. The first kappa shape index (κ1) is 14.5. The summed E-state index contributed by atoms with van der Waals surface area (Å²) in [6.07, 6.45) is 4.36. The van der Waals surface area contributed by atoms with Crippen molar-refractivity contribution in [2.45, 2.75) is 38.3 Å². The molecular weight excluding hydrogens is 257 g/mol. The maximum Gasteiger partial charge on any atom is 0.231 e. The van der Waals surface area contributed by atoms with E-state index in [9.17, 15) is 9.18 Å². The van der Waals surface area contributed by atoms with Gasteiger partial charge in [0.15, 0.2) is 0 Å². The molecule has 2 rings (SSSR count). The number of nitriles is 1. The summed E-state index contributed by atoms with van der Waals surface area (Å²) in [6.45, 7) is 0.614. The van der Waals surface area contributed by atoms with Crippen molar-refractivity contribution in [1.29, 1.82) is 5.26 Å². The largest absolute Gasteiger partial charge is 0.369 e. The van der Waals surface area contributed by atoms with Crippen molar-refractivity contribution in [2.24, 2.45) is 5.73 Å². The number of primary amides is 1. The summed E-state index contributed by atoms with van der Waals surface area (Å²) < 4.78 is 13.4. The van der Waals surface area contributed by atoms with Gasteiger partial charge in [0, 0.05) is 12.6 Å². The van der Waals surface area contributed by atoms with Gasteiger partial charge in [0.05, 0.1) is 18.2 Å². The van der Waals surface area contributed by atoms with E-state index in [1.54, 1.807) is 6.07 Å². The Kier molecular flexibility index (Phi) is 4.70. The quantitative estimate of drug-likeness (QED) is 0.892. The van der Waals surface area contributed by atoms with Gasteiger partial charge in [-0.1, -0.05) is 12.8 Å². The number of carbonyl (C=O) groups is 1. The average Bonchev–Trinajstić information content (AvgIpc) is 2.90. The van der Waals surface area contributed by atoms with Crippen molar-refractivity contribution in [3.63, 3.8) is 0 Å². The summed E-state index contributed by atoms with van der Waals surface area (Å²) in [5.41, 5.74) is 6.29. The molecule has 5 heteroatoms. The van der Waals surface area contributed by atoms with Gasteiger partial charge in [0.25, 0.3) is 0 Å².